The summed E-state index contributed by atoms with van der Waals surface area (Å²) in [6.07, 6.45) is 0. The number of nitrogens with one attached hydrogen (secondary N) is 2. The molecule has 2 N–H and O–H groups in total. The highest BCUT2D eigenvalue weighted by Crippen LogP contribution is 2.31. The Balaban J connectivity index is 1.54. The summed E-state index contributed by atoms with van der Waals surface area (Å²) < 4.78 is 0. The summed E-state index contributed by atoms with van der Waals surface area (Å²) in [4.78, 5) is 39.2. The topological polar surface area (TPSA) is 78.5 Å². The van der Waals surface area contributed by atoms with E-state index in [1.807, 2.05) is 32.0 Å². The number of benzene rings is 3. The highest BCUT2D eigenvalue weighted by Gasteiger charge is 2.39. The minimum atomic E-state index is -0.657. The van der Waals surface area contributed by atoms with Crippen molar-refractivity contribution in [2.24, 2.45) is 0 Å². The molecule has 0 atom stereocenters. The molecular weight excluding hydrogens is 461 g/mol. The van der Waals surface area contributed by atoms with Gasteiger partial charge in [-0.3, -0.25) is 14.4 Å². The number of imide groups is 1. The van der Waals surface area contributed by atoms with Crippen LogP contribution in [0.25, 0.3) is 0 Å². The van der Waals surface area contributed by atoms with Crippen molar-refractivity contribution in [2.45, 2.75) is 13.8 Å². The number of rotatable bonds is 5. The lowest BCUT2D eigenvalue weighted by atomic mass is 10.1. The Morgan fingerprint density at radius 2 is 1.58 bits per heavy atom. The normalized spacial score (nSPS) is 13.5. The fraction of sp³-hybridized carbons (Fsp3) is 0.0800. The number of halogens is 2. The van der Waals surface area contributed by atoms with Gasteiger partial charge in [0, 0.05) is 22.0 Å². The van der Waals surface area contributed by atoms with Crippen LogP contribution in [0.1, 0.15) is 21.5 Å². The molecule has 0 saturated heterocycles. The highest BCUT2D eigenvalue weighted by atomic mass is 35.5. The van der Waals surface area contributed by atoms with Crippen LogP contribution in [0.2, 0.25) is 5.02 Å². The molecule has 0 saturated carbocycles. The average Bonchev–Trinajstić information content (AvgIpc) is 2.99. The van der Waals surface area contributed by atoms with Gasteiger partial charge < -0.3 is 10.6 Å². The van der Waals surface area contributed by atoms with Crippen LogP contribution in [0, 0.1) is 13.8 Å². The number of anilines is 3. The van der Waals surface area contributed by atoms with Crippen molar-refractivity contribution in [1.82, 2.24) is 0 Å². The van der Waals surface area contributed by atoms with Gasteiger partial charge >= 0.3 is 0 Å². The van der Waals surface area contributed by atoms with Gasteiger partial charge in [-0.15, -0.1) is 0 Å². The van der Waals surface area contributed by atoms with E-state index in [2.05, 4.69) is 10.6 Å². The molecule has 6 nitrogen and oxygen atoms in total. The van der Waals surface area contributed by atoms with Crippen LogP contribution in [0.3, 0.4) is 0 Å². The van der Waals surface area contributed by atoms with Crippen LogP contribution in [-0.2, 0) is 9.59 Å². The van der Waals surface area contributed by atoms with E-state index in [4.69, 9.17) is 23.2 Å². The second-order valence-electron chi connectivity index (χ2n) is 7.57. The zero-order chi connectivity index (χ0) is 23.7. The first-order chi connectivity index (χ1) is 15.7. The molecule has 1 aliphatic heterocycles. The van der Waals surface area contributed by atoms with Crippen molar-refractivity contribution < 1.29 is 14.4 Å². The molecule has 0 fully saturated rings. The first kappa shape index (κ1) is 22.6. The fourth-order valence-corrected chi connectivity index (χ4v) is 3.76. The monoisotopic (exact) mass is 479 g/mol. The van der Waals surface area contributed by atoms with Crippen LogP contribution < -0.4 is 15.5 Å². The third-order valence-corrected chi connectivity index (χ3v) is 5.84. The summed E-state index contributed by atoms with van der Waals surface area (Å²) in [5.41, 5.74) is 3.93. The van der Waals surface area contributed by atoms with Crippen LogP contribution in [0.4, 0.5) is 17.1 Å². The molecule has 0 radical (unpaired) electrons. The lowest BCUT2D eigenvalue weighted by Gasteiger charge is -2.15. The molecule has 4 rings (SSSR count). The van der Waals surface area contributed by atoms with Crippen LogP contribution in [0.15, 0.2) is 77.5 Å². The molecule has 0 spiro atoms. The van der Waals surface area contributed by atoms with Crippen molar-refractivity contribution in [1.29, 1.82) is 0 Å². The van der Waals surface area contributed by atoms with E-state index < -0.39 is 11.8 Å². The molecule has 0 bridgehead atoms. The average molecular weight is 480 g/mol. The lowest BCUT2D eigenvalue weighted by Crippen LogP contribution is -2.32. The van der Waals surface area contributed by atoms with Gasteiger partial charge in [0.05, 0.1) is 5.69 Å². The Bertz CT molecular complexity index is 1330. The summed E-state index contributed by atoms with van der Waals surface area (Å²) in [5, 5.41) is 5.88. The van der Waals surface area contributed by atoms with Crippen LogP contribution in [-0.4, -0.2) is 17.7 Å². The highest BCUT2D eigenvalue weighted by molar-refractivity contribution is 6.53. The van der Waals surface area contributed by atoms with Crippen molar-refractivity contribution in [2.75, 3.05) is 15.5 Å². The second-order valence-corrected chi connectivity index (χ2v) is 8.39. The maximum absolute atomic E-state index is 12.9. The maximum atomic E-state index is 12.9. The number of nitrogens with zero attached hydrogens (tertiary/aromatic N) is 1. The first-order valence-electron chi connectivity index (χ1n) is 10.0. The van der Waals surface area contributed by atoms with Crippen LogP contribution in [0.5, 0.6) is 0 Å². The quantitative estimate of drug-likeness (QED) is 0.463. The Labute approximate surface area is 200 Å². The smallest absolute Gasteiger partial charge is 0.283 e. The maximum Gasteiger partial charge on any atom is 0.283 e. The molecule has 1 aliphatic rings. The molecule has 8 heteroatoms. The number of amides is 3. The number of aryl methyl sites for hydroxylation is 2. The van der Waals surface area contributed by atoms with Gasteiger partial charge in [-0.25, -0.2) is 4.90 Å². The Hall–Kier alpha value is -3.61. The number of carbonyl (C=O) groups is 3. The van der Waals surface area contributed by atoms with Crippen LogP contribution >= 0.6 is 23.2 Å². The third-order valence-electron chi connectivity index (χ3n) is 5.25. The second kappa shape index (κ2) is 9.10. The van der Waals surface area contributed by atoms with Crippen molar-refractivity contribution in [3.63, 3.8) is 0 Å². The van der Waals surface area contributed by atoms with Gasteiger partial charge in [0.2, 0.25) is 0 Å². The number of carbonyl (C=O) groups excluding carboxylic acids is 3. The van der Waals surface area contributed by atoms with Gasteiger partial charge in [-0.05, 0) is 73.5 Å². The minimum Gasteiger partial charge on any atom is -0.350 e. The first-order valence-corrected chi connectivity index (χ1v) is 10.8. The number of hydrogen-bond donors (Lipinski definition) is 2. The molecular formula is C25H19Cl2N3O3. The lowest BCUT2D eigenvalue weighted by molar-refractivity contribution is -0.120. The van der Waals surface area contributed by atoms with Crippen molar-refractivity contribution in [3.05, 3.63) is 99.2 Å². The molecule has 1 heterocycles. The summed E-state index contributed by atoms with van der Waals surface area (Å²) in [6.45, 7) is 3.97. The standard InChI is InChI=1S/C25H19Cl2N3O3/c1-14-9-10-19(11-15(14)2)29-23(31)16-5-3-7-18(12-16)28-22-21(27)24(32)30(25(22)33)20-8-4-6-17(26)13-20/h3-13,28H,1-2H3,(H,29,31). The number of hydrogen-bond acceptors (Lipinski definition) is 4. The van der Waals surface area contributed by atoms with Gasteiger partial charge in [0.1, 0.15) is 10.7 Å². The largest absolute Gasteiger partial charge is 0.350 e. The van der Waals surface area contributed by atoms with E-state index in [0.29, 0.717) is 27.6 Å². The van der Waals surface area contributed by atoms with E-state index in [0.717, 1.165) is 16.0 Å². The molecule has 0 aromatic heterocycles. The van der Waals surface area contributed by atoms with Gasteiger partial charge in [-0.2, -0.15) is 0 Å². The fourth-order valence-electron chi connectivity index (χ4n) is 3.37. The van der Waals surface area contributed by atoms with Gasteiger partial charge in [0.25, 0.3) is 17.7 Å². The van der Waals surface area contributed by atoms with E-state index in [-0.39, 0.29) is 16.6 Å². The van der Waals surface area contributed by atoms with E-state index in [1.165, 1.54) is 6.07 Å². The molecule has 3 amide bonds. The predicted octanol–water partition coefficient (Wildman–Crippen LogP) is 5.64. The summed E-state index contributed by atoms with van der Waals surface area (Å²) in [6, 6.07) is 18.6. The Morgan fingerprint density at radius 1 is 0.818 bits per heavy atom. The zero-order valence-electron chi connectivity index (χ0n) is 17.8. The Morgan fingerprint density at radius 3 is 2.30 bits per heavy atom. The summed E-state index contributed by atoms with van der Waals surface area (Å²) in [5.74, 6) is -1.58. The molecule has 3 aromatic carbocycles. The predicted molar refractivity (Wildman–Crippen MR) is 131 cm³/mol. The van der Waals surface area contributed by atoms with E-state index in [9.17, 15) is 14.4 Å². The summed E-state index contributed by atoms with van der Waals surface area (Å²) in [7, 11) is 0. The Kier molecular flexibility index (Phi) is 6.22. The molecule has 166 valence electrons. The zero-order valence-corrected chi connectivity index (χ0v) is 19.3. The third kappa shape index (κ3) is 4.62. The SMILES string of the molecule is Cc1ccc(NC(=O)c2cccc(NC3=C(Cl)C(=O)N(c4cccc(Cl)c4)C3=O)c2)cc1C. The van der Waals surface area contributed by atoms with Crippen molar-refractivity contribution >= 4 is 58.0 Å². The van der Waals surface area contributed by atoms with Gasteiger partial charge in [0.15, 0.2) is 0 Å². The molecule has 0 unspecified atom stereocenters. The minimum absolute atomic E-state index is 0.0756. The van der Waals surface area contributed by atoms with E-state index >= 15 is 0 Å². The molecule has 0 aliphatic carbocycles. The van der Waals surface area contributed by atoms with E-state index in [1.54, 1.807) is 42.5 Å². The summed E-state index contributed by atoms with van der Waals surface area (Å²) >= 11 is 12.2. The molecule has 33 heavy (non-hydrogen) atoms. The molecule has 3 aromatic rings. The van der Waals surface area contributed by atoms with Gasteiger partial charge in [-0.1, -0.05) is 41.4 Å². The van der Waals surface area contributed by atoms with Crippen molar-refractivity contribution in [3.8, 4) is 0 Å².